The number of aryl methyl sites for hydroxylation is 1. The van der Waals surface area contributed by atoms with Gasteiger partial charge in [-0.05, 0) is 25.3 Å². The predicted molar refractivity (Wildman–Crippen MR) is 45.7 cm³/mol. The van der Waals surface area contributed by atoms with Crippen molar-refractivity contribution < 1.29 is 9.90 Å². The van der Waals surface area contributed by atoms with Crippen LogP contribution in [0.25, 0.3) is 0 Å². The maximum Gasteiger partial charge on any atom is 0.373 e. The molecule has 1 aliphatic carbocycles. The summed E-state index contributed by atoms with van der Waals surface area (Å²) in [5.74, 6) is -0.671. The molecule has 1 N–H and O–H groups in total. The molecule has 0 aromatic carbocycles. The second-order valence-electron chi connectivity index (χ2n) is 3.34. The van der Waals surface area contributed by atoms with Crippen molar-refractivity contribution in [1.82, 2.24) is 9.97 Å². The number of carboxylic acid groups (broad SMARTS) is 1. The lowest BCUT2D eigenvalue weighted by molar-refractivity contribution is 0.0683. The van der Waals surface area contributed by atoms with Gasteiger partial charge in [0.25, 0.3) is 0 Å². The van der Waals surface area contributed by atoms with Crippen molar-refractivity contribution in [3.63, 3.8) is 0 Å². The fourth-order valence-corrected chi connectivity index (χ4v) is 1.33. The van der Waals surface area contributed by atoms with E-state index in [2.05, 4.69) is 9.97 Å². The molecule has 68 valence electrons. The van der Waals surface area contributed by atoms with Crippen LogP contribution in [0.3, 0.4) is 0 Å². The number of aromatic nitrogens is 2. The second-order valence-corrected chi connectivity index (χ2v) is 3.34. The summed E-state index contributed by atoms with van der Waals surface area (Å²) in [5.41, 5.74) is 1.90. The van der Waals surface area contributed by atoms with E-state index in [0.29, 0.717) is 5.92 Å². The lowest BCUT2D eigenvalue weighted by Crippen LogP contribution is -2.07. The molecule has 0 spiro atoms. The van der Waals surface area contributed by atoms with Crippen LogP contribution in [0, 0.1) is 6.92 Å². The second kappa shape index (κ2) is 2.80. The smallest absolute Gasteiger partial charge is 0.373 e. The zero-order valence-corrected chi connectivity index (χ0v) is 7.32. The maximum atomic E-state index is 10.6. The van der Waals surface area contributed by atoms with Gasteiger partial charge in [-0.25, -0.2) is 14.8 Å². The van der Waals surface area contributed by atoms with E-state index in [1.165, 1.54) is 0 Å². The number of aromatic carboxylic acids is 1. The molecule has 4 nitrogen and oxygen atoms in total. The first-order valence-electron chi connectivity index (χ1n) is 4.25. The highest BCUT2D eigenvalue weighted by Crippen LogP contribution is 2.40. The Labute approximate surface area is 75.6 Å². The summed E-state index contributed by atoms with van der Waals surface area (Å²) in [7, 11) is 0. The molecule has 0 amide bonds. The summed E-state index contributed by atoms with van der Waals surface area (Å²) in [6, 6.07) is 0. The minimum Gasteiger partial charge on any atom is -0.475 e. The average Bonchev–Trinajstić information content (AvgIpc) is 2.87. The Hall–Kier alpha value is -1.45. The molecule has 1 aromatic rings. The lowest BCUT2D eigenvalue weighted by atomic mass is 10.2. The van der Waals surface area contributed by atoms with E-state index < -0.39 is 5.97 Å². The van der Waals surface area contributed by atoms with Gasteiger partial charge in [0.15, 0.2) is 0 Å². The maximum absolute atomic E-state index is 10.6. The fraction of sp³-hybridized carbons (Fsp3) is 0.444. The molecule has 1 aliphatic rings. The van der Waals surface area contributed by atoms with E-state index in [9.17, 15) is 4.79 Å². The third-order valence-corrected chi connectivity index (χ3v) is 2.17. The summed E-state index contributed by atoms with van der Waals surface area (Å²) >= 11 is 0. The molecular weight excluding hydrogens is 168 g/mol. The molecule has 1 fully saturated rings. The average molecular weight is 178 g/mol. The van der Waals surface area contributed by atoms with Gasteiger partial charge in [-0.3, -0.25) is 0 Å². The molecule has 13 heavy (non-hydrogen) atoms. The molecule has 0 saturated heterocycles. The van der Waals surface area contributed by atoms with Crippen LogP contribution in [0.2, 0.25) is 0 Å². The summed E-state index contributed by atoms with van der Waals surface area (Å²) in [6.07, 6.45) is 3.83. The van der Waals surface area contributed by atoms with E-state index in [-0.39, 0.29) is 5.82 Å². The SMILES string of the molecule is Cc1cnc(C(=O)O)nc1C1CC1. The van der Waals surface area contributed by atoms with Gasteiger partial charge in [-0.2, -0.15) is 0 Å². The van der Waals surface area contributed by atoms with Gasteiger partial charge in [-0.1, -0.05) is 0 Å². The molecule has 1 heterocycles. The van der Waals surface area contributed by atoms with Gasteiger partial charge in [0.1, 0.15) is 0 Å². The van der Waals surface area contributed by atoms with Crippen LogP contribution in [0.15, 0.2) is 6.20 Å². The molecule has 0 radical (unpaired) electrons. The van der Waals surface area contributed by atoms with Gasteiger partial charge in [-0.15, -0.1) is 0 Å². The summed E-state index contributed by atoms with van der Waals surface area (Å²) < 4.78 is 0. The standard InChI is InChI=1S/C9H10N2O2/c1-5-4-10-8(9(12)13)11-7(5)6-2-3-6/h4,6H,2-3H2,1H3,(H,12,13). The highest BCUT2D eigenvalue weighted by molar-refractivity contribution is 5.83. The number of rotatable bonds is 2. The normalized spacial score (nSPS) is 15.8. The molecule has 1 saturated carbocycles. The highest BCUT2D eigenvalue weighted by Gasteiger charge is 2.27. The van der Waals surface area contributed by atoms with Crippen LogP contribution >= 0.6 is 0 Å². The summed E-state index contributed by atoms with van der Waals surface area (Å²) in [6.45, 7) is 1.92. The van der Waals surface area contributed by atoms with Gasteiger partial charge < -0.3 is 5.11 Å². The van der Waals surface area contributed by atoms with Crippen molar-refractivity contribution in [2.24, 2.45) is 0 Å². The first kappa shape index (κ1) is 8.16. The van der Waals surface area contributed by atoms with Gasteiger partial charge in [0.2, 0.25) is 5.82 Å². The quantitative estimate of drug-likeness (QED) is 0.742. The first-order chi connectivity index (χ1) is 6.18. The van der Waals surface area contributed by atoms with Crippen LogP contribution < -0.4 is 0 Å². The Morgan fingerprint density at radius 3 is 2.85 bits per heavy atom. The highest BCUT2D eigenvalue weighted by atomic mass is 16.4. The predicted octanol–water partition coefficient (Wildman–Crippen LogP) is 1.36. The molecule has 4 heteroatoms. The number of hydrogen-bond donors (Lipinski definition) is 1. The number of carbonyl (C=O) groups is 1. The minimum absolute atomic E-state index is 0.0903. The van der Waals surface area contributed by atoms with Crippen LogP contribution in [0.4, 0.5) is 0 Å². The van der Waals surface area contributed by atoms with Crippen molar-refractivity contribution in [2.75, 3.05) is 0 Å². The van der Waals surface area contributed by atoms with Crippen molar-refractivity contribution in [1.29, 1.82) is 0 Å². The van der Waals surface area contributed by atoms with Crippen LogP contribution in [0.1, 0.15) is 40.6 Å². The molecule has 0 atom stereocenters. The third-order valence-electron chi connectivity index (χ3n) is 2.17. The summed E-state index contributed by atoms with van der Waals surface area (Å²) in [5, 5.41) is 8.68. The number of hydrogen-bond acceptors (Lipinski definition) is 3. The molecular formula is C9H10N2O2. The molecule has 2 rings (SSSR count). The van der Waals surface area contributed by atoms with Crippen molar-refractivity contribution in [3.8, 4) is 0 Å². The Morgan fingerprint density at radius 2 is 2.31 bits per heavy atom. The number of carboxylic acids is 1. The van der Waals surface area contributed by atoms with Crippen LogP contribution in [0.5, 0.6) is 0 Å². The van der Waals surface area contributed by atoms with Crippen molar-refractivity contribution in [2.45, 2.75) is 25.7 Å². The van der Waals surface area contributed by atoms with E-state index in [1.807, 2.05) is 6.92 Å². The van der Waals surface area contributed by atoms with Crippen molar-refractivity contribution >= 4 is 5.97 Å². The molecule has 1 aromatic heterocycles. The van der Waals surface area contributed by atoms with E-state index in [4.69, 9.17) is 5.11 Å². The van der Waals surface area contributed by atoms with E-state index in [1.54, 1.807) is 6.20 Å². The zero-order valence-electron chi connectivity index (χ0n) is 7.32. The van der Waals surface area contributed by atoms with Crippen molar-refractivity contribution in [3.05, 3.63) is 23.3 Å². The van der Waals surface area contributed by atoms with Gasteiger partial charge in [0, 0.05) is 12.1 Å². The van der Waals surface area contributed by atoms with E-state index in [0.717, 1.165) is 24.1 Å². The van der Waals surface area contributed by atoms with Crippen LogP contribution in [-0.2, 0) is 0 Å². The summed E-state index contributed by atoms with van der Waals surface area (Å²) in [4.78, 5) is 18.3. The van der Waals surface area contributed by atoms with Crippen LogP contribution in [-0.4, -0.2) is 21.0 Å². The Morgan fingerprint density at radius 1 is 1.62 bits per heavy atom. The van der Waals surface area contributed by atoms with E-state index >= 15 is 0 Å². The lowest BCUT2D eigenvalue weighted by Gasteiger charge is -2.02. The van der Waals surface area contributed by atoms with Gasteiger partial charge >= 0.3 is 5.97 Å². The zero-order chi connectivity index (χ0) is 9.42. The fourth-order valence-electron chi connectivity index (χ4n) is 1.33. The molecule has 0 aliphatic heterocycles. The Kier molecular flexibility index (Phi) is 1.76. The monoisotopic (exact) mass is 178 g/mol. The Balaban J connectivity index is 2.41. The topological polar surface area (TPSA) is 63.1 Å². The largest absolute Gasteiger partial charge is 0.475 e. The number of nitrogens with zero attached hydrogens (tertiary/aromatic N) is 2. The van der Waals surface area contributed by atoms with Gasteiger partial charge in [0.05, 0.1) is 5.69 Å². The molecule has 0 unspecified atom stereocenters. The minimum atomic E-state index is -1.05. The first-order valence-corrected chi connectivity index (χ1v) is 4.25. The Bertz CT molecular complexity index is 359. The molecule has 0 bridgehead atoms. The third kappa shape index (κ3) is 1.52.